The first-order chi connectivity index (χ1) is 9.85. The molecule has 0 spiro atoms. The van der Waals surface area contributed by atoms with Crippen molar-refractivity contribution in [3.63, 3.8) is 0 Å². The summed E-state index contributed by atoms with van der Waals surface area (Å²) in [6.45, 7) is 2.18. The Hall–Kier alpha value is -1.89. The van der Waals surface area contributed by atoms with E-state index in [1.807, 2.05) is 24.3 Å². The van der Waals surface area contributed by atoms with Crippen LogP contribution in [0.5, 0.6) is 0 Å². The summed E-state index contributed by atoms with van der Waals surface area (Å²) in [7, 11) is 0. The second-order valence-corrected chi connectivity index (χ2v) is 5.30. The maximum absolute atomic E-state index is 11.6. The molecule has 2 atom stereocenters. The van der Waals surface area contributed by atoms with E-state index in [-0.39, 0.29) is 5.92 Å². The molecule has 2 unspecified atom stereocenters. The monoisotopic (exact) mass is 266 g/mol. The van der Waals surface area contributed by atoms with Crippen LogP contribution in [0.15, 0.2) is 60.7 Å². The van der Waals surface area contributed by atoms with E-state index >= 15 is 0 Å². The fourth-order valence-corrected chi connectivity index (χ4v) is 2.81. The van der Waals surface area contributed by atoms with Crippen molar-refractivity contribution in [1.82, 2.24) is 0 Å². The van der Waals surface area contributed by atoms with E-state index in [0.717, 1.165) is 25.5 Å². The van der Waals surface area contributed by atoms with Gasteiger partial charge in [0.1, 0.15) is 6.29 Å². The van der Waals surface area contributed by atoms with E-state index in [0.29, 0.717) is 5.92 Å². The smallest absolute Gasteiger partial charge is 0.124 e. The third-order valence-corrected chi connectivity index (χ3v) is 3.83. The van der Waals surface area contributed by atoms with Crippen molar-refractivity contribution in [2.45, 2.75) is 32.1 Å². The average molecular weight is 266 g/mol. The van der Waals surface area contributed by atoms with Gasteiger partial charge in [0.15, 0.2) is 0 Å². The lowest BCUT2D eigenvalue weighted by atomic mass is 9.80. The van der Waals surface area contributed by atoms with Gasteiger partial charge in [-0.15, -0.1) is 0 Å². The van der Waals surface area contributed by atoms with Crippen LogP contribution >= 0.6 is 0 Å². The maximum atomic E-state index is 11.6. The van der Waals surface area contributed by atoms with Gasteiger partial charge in [-0.2, -0.15) is 0 Å². The molecule has 2 aromatic carbocycles. The van der Waals surface area contributed by atoms with Crippen molar-refractivity contribution in [3.8, 4) is 0 Å². The van der Waals surface area contributed by atoms with Crippen LogP contribution in [0.1, 0.15) is 36.8 Å². The van der Waals surface area contributed by atoms with Crippen molar-refractivity contribution in [3.05, 3.63) is 71.8 Å². The van der Waals surface area contributed by atoms with Crippen LogP contribution in [0, 0.1) is 5.92 Å². The summed E-state index contributed by atoms with van der Waals surface area (Å²) in [6.07, 6.45) is 4.11. The highest BCUT2D eigenvalue weighted by atomic mass is 16.1. The number of carbonyl (C=O) groups excluding carboxylic acids is 1. The lowest BCUT2D eigenvalue weighted by molar-refractivity contribution is -0.111. The van der Waals surface area contributed by atoms with Gasteiger partial charge in [0.05, 0.1) is 0 Å². The fraction of sp³-hybridized carbons (Fsp3) is 0.316. The van der Waals surface area contributed by atoms with E-state index in [2.05, 4.69) is 43.3 Å². The van der Waals surface area contributed by atoms with E-state index in [9.17, 15) is 4.79 Å². The molecular formula is C19H22O. The molecule has 2 aromatic rings. The van der Waals surface area contributed by atoms with Crippen LogP contribution in [-0.2, 0) is 11.2 Å². The largest absolute Gasteiger partial charge is 0.303 e. The van der Waals surface area contributed by atoms with Crippen LogP contribution in [-0.4, -0.2) is 6.29 Å². The SMILES string of the molecule is CCCC(c1ccccc1)C(C=O)Cc1ccccc1. The molecule has 0 aromatic heterocycles. The van der Waals surface area contributed by atoms with Crippen molar-refractivity contribution in [1.29, 1.82) is 0 Å². The predicted molar refractivity (Wildman–Crippen MR) is 83.8 cm³/mol. The van der Waals surface area contributed by atoms with Gasteiger partial charge in [-0.3, -0.25) is 0 Å². The first-order valence-electron chi connectivity index (χ1n) is 7.39. The number of rotatable bonds is 7. The van der Waals surface area contributed by atoms with Gasteiger partial charge in [-0.1, -0.05) is 74.0 Å². The molecule has 0 saturated heterocycles. The topological polar surface area (TPSA) is 17.1 Å². The van der Waals surface area contributed by atoms with Gasteiger partial charge in [0, 0.05) is 5.92 Å². The van der Waals surface area contributed by atoms with E-state index in [4.69, 9.17) is 0 Å². The third kappa shape index (κ3) is 3.80. The van der Waals surface area contributed by atoms with E-state index in [1.54, 1.807) is 0 Å². The zero-order chi connectivity index (χ0) is 14.2. The molecule has 2 rings (SSSR count). The Kier molecular flexibility index (Phi) is 5.55. The standard InChI is InChI=1S/C19H22O/c1-2-9-19(17-12-7-4-8-13-17)18(15-20)14-16-10-5-3-6-11-16/h3-8,10-13,15,18-19H,2,9,14H2,1H3. The maximum Gasteiger partial charge on any atom is 0.124 e. The predicted octanol–water partition coefficient (Wildman–Crippen LogP) is 4.63. The van der Waals surface area contributed by atoms with E-state index < -0.39 is 0 Å². The van der Waals surface area contributed by atoms with Gasteiger partial charge in [0.2, 0.25) is 0 Å². The number of carbonyl (C=O) groups is 1. The Morgan fingerprint density at radius 3 is 2.10 bits per heavy atom. The molecule has 0 N–H and O–H groups in total. The Balaban J connectivity index is 2.19. The zero-order valence-corrected chi connectivity index (χ0v) is 12.0. The summed E-state index contributed by atoms with van der Waals surface area (Å²) in [5, 5.41) is 0. The number of hydrogen-bond donors (Lipinski definition) is 0. The number of benzene rings is 2. The molecule has 0 aliphatic rings. The average Bonchev–Trinajstić information content (AvgIpc) is 2.52. The molecule has 0 fully saturated rings. The zero-order valence-electron chi connectivity index (χ0n) is 12.0. The highest BCUT2D eigenvalue weighted by Gasteiger charge is 2.22. The van der Waals surface area contributed by atoms with Crippen molar-refractivity contribution >= 4 is 6.29 Å². The molecule has 20 heavy (non-hydrogen) atoms. The summed E-state index contributed by atoms with van der Waals surface area (Å²) >= 11 is 0. The second-order valence-electron chi connectivity index (χ2n) is 5.30. The molecule has 0 heterocycles. The quantitative estimate of drug-likeness (QED) is 0.668. The molecule has 0 amide bonds. The molecule has 1 heteroatoms. The van der Waals surface area contributed by atoms with Gasteiger partial charge in [0.25, 0.3) is 0 Å². The van der Waals surface area contributed by atoms with Gasteiger partial charge < -0.3 is 4.79 Å². The normalized spacial score (nSPS) is 13.7. The molecule has 0 aliphatic heterocycles. The van der Waals surface area contributed by atoms with Crippen LogP contribution in [0.25, 0.3) is 0 Å². The highest BCUT2D eigenvalue weighted by molar-refractivity contribution is 5.57. The summed E-state index contributed by atoms with van der Waals surface area (Å²) < 4.78 is 0. The van der Waals surface area contributed by atoms with E-state index in [1.165, 1.54) is 11.1 Å². The molecule has 0 aliphatic carbocycles. The molecule has 0 radical (unpaired) electrons. The lowest BCUT2D eigenvalue weighted by Gasteiger charge is -2.23. The summed E-state index contributed by atoms with van der Waals surface area (Å²) in [5.41, 5.74) is 2.52. The summed E-state index contributed by atoms with van der Waals surface area (Å²) in [6, 6.07) is 20.7. The highest BCUT2D eigenvalue weighted by Crippen LogP contribution is 2.30. The first kappa shape index (κ1) is 14.5. The van der Waals surface area contributed by atoms with Crippen molar-refractivity contribution in [2.75, 3.05) is 0 Å². The Morgan fingerprint density at radius 1 is 0.950 bits per heavy atom. The Labute approximate surface area is 121 Å². The second kappa shape index (κ2) is 7.64. The van der Waals surface area contributed by atoms with Gasteiger partial charge >= 0.3 is 0 Å². The Bertz CT molecular complexity index is 504. The molecular weight excluding hydrogens is 244 g/mol. The molecule has 1 nitrogen and oxygen atoms in total. The van der Waals surface area contributed by atoms with Crippen molar-refractivity contribution < 1.29 is 4.79 Å². The summed E-state index contributed by atoms with van der Waals surface area (Å²) in [5.74, 6) is 0.374. The van der Waals surface area contributed by atoms with Crippen LogP contribution in [0.2, 0.25) is 0 Å². The lowest BCUT2D eigenvalue weighted by Crippen LogP contribution is -2.17. The molecule has 104 valence electrons. The number of hydrogen-bond acceptors (Lipinski definition) is 1. The molecule has 0 saturated carbocycles. The first-order valence-corrected chi connectivity index (χ1v) is 7.39. The van der Waals surface area contributed by atoms with Gasteiger partial charge in [-0.25, -0.2) is 0 Å². The minimum Gasteiger partial charge on any atom is -0.303 e. The minimum absolute atomic E-state index is 0.0553. The summed E-state index contributed by atoms with van der Waals surface area (Å²) in [4.78, 5) is 11.6. The third-order valence-electron chi connectivity index (χ3n) is 3.83. The van der Waals surface area contributed by atoms with Gasteiger partial charge in [-0.05, 0) is 29.9 Å². The molecule has 0 bridgehead atoms. The Morgan fingerprint density at radius 2 is 1.55 bits per heavy atom. The minimum atomic E-state index is 0.0553. The fourth-order valence-electron chi connectivity index (χ4n) is 2.81. The number of aldehydes is 1. The van der Waals surface area contributed by atoms with Crippen molar-refractivity contribution in [2.24, 2.45) is 5.92 Å². The van der Waals surface area contributed by atoms with Crippen LogP contribution < -0.4 is 0 Å². The van der Waals surface area contributed by atoms with Crippen LogP contribution in [0.3, 0.4) is 0 Å². The van der Waals surface area contributed by atoms with Crippen LogP contribution in [0.4, 0.5) is 0 Å².